The van der Waals surface area contributed by atoms with Crippen LogP contribution in [0.3, 0.4) is 0 Å². The van der Waals surface area contributed by atoms with Crippen molar-refractivity contribution in [1.29, 1.82) is 0 Å². The number of nitrogens with one attached hydrogen (secondary N) is 1. The first kappa shape index (κ1) is 29.8. The van der Waals surface area contributed by atoms with E-state index >= 15 is 0 Å². The molecule has 2 heterocycles. The Kier molecular flexibility index (Phi) is 9.12. The molecule has 1 aromatic heterocycles. The molecule has 0 spiro atoms. The highest BCUT2D eigenvalue weighted by Gasteiger charge is 2.56. The molecular formula is C22H27N6O10P. The quantitative estimate of drug-likeness (QED) is 0.120. The van der Waals surface area contributed by atoms with Crippen LogP contribution < -0.4 is 25.4 Å². The summed E-state index contributed by atoms with van der Waals surface area (Å²) < 4.78 is 26.5. The fraction of sp³-hybridized carbons (Fsp3) is 0.500. The van der Waals surface area contributed by atoms with Crippen molar-refractivity contribution in [2.24, 2.45) is 9.86 Å². The smallest absolute Gasteiger partial charge is 0.395 e. The standard InChI is InChI=1S/C22H27N6O10P/c1-12(2)36-19(32)21(3,4)26-39(34)38-14-8-6-5-7-13(14)35-11-22(25-27-23)17(31)16(30)18(37-22)28-10-9-15(29)24-20(28)33/h5-10,12,16-18,30-31H,11H2,1-4H3,(H,24,29,33)/t16-,17+,18-,22-/m1/s1. The minimum atomic E-state index is -2.79. The Balaban J connectivity index is 1.84. The van der Waals surface area contributed by atoms with E-state index in [1.807, 2.05) is 4.98 Å². The van der Waals surface area contributed by atoms with Gasteiger partial charge in [-0.15, -0.1) is 0 Å². The fourth-order valence-electron chi connectivity index (χ4n) is 3.46. The van der Waals surface area contributed by atoms with E-state index < -0.39 is 67.8 Å². The predicted molar refractivity (Wildman–Crippen MR) is 133 cm³/mol. The van der Waals surface area contributed by atoms with E-state index in [4.69, 9.17) is 24.3 Å². The van der Waals surface area contributed by atoms with Crippen molar-refractivity contribution in [2.45, 2.75) is 63.5 Å². The van der Waals surface area contributed by atoms with Crippen molar-refractivity contribution in [2.75, 3.05) is 6.61 Å². The van der Waals surface area contributed by atoms with E-state index in [0.717, 1.165) is 16.8 Å². The molecule has 1 aliphatic heterocycles. The minimum absolute atomic E-state index is 0.0407. The van der Waals surface area contributed by atoms with Gasteiger partial charge in [0.1, 0.15) is 18.8 Å². The van der Waals surface area contributed by atoms with Crippen molar-refractivity contribution in [3.8, 4) is 11.5 Å². The molecule has 3 N–H and O–H groups in total. The molecular weight excluding hydrogens is 539 g/mol. The number of aliphatic hydroxyl groups is 2. The summed E-state index contributed by atoms with van der Waals surface area (Å²) in [5.74, 6) is -0.818. The normalized spacial score (nSPS) is 23.3. The van der Waals surface area contributed by atoms with E-state index in [1.165, 1.54) is 32.0 Å². The summed E-state index contributed by atoms with van der Waals surface area (Å²) in [7, 11) is -2.79. The molecule has 210 valence electrons. The van der Waals surface area contributed by atoms with Crippen LogP contribution in [-0.4, -0.2) is 61.9 Å². The topological polar surface area (TPSA) is 233 Å². The highest BCUT2D eigenvalue weighted by atomic mass is 31.1. The van der Waals surface area contributed by atoms with Gasteiger partial charge in [-0.2, -0.15) is 0 Å². The Bertz CT molecular complexity index is 1400. The van der Waals surface area contributed by atoms with Crippen LogP contribution in [0.25, 0.3) is 10.4 Å². The number of aromatic amines is 1. The first-order valence-corrected chi connectivity index (χ1v) is 12.7. The van der Waals surface area contributed by atoms with Crippen LogP contribution in [-0.2, 0) is 14.3 Å². The van der Waals surface area contributed by atoms with Crippen molar-refractivity contribution < 1.29 is 38.6 Å². The molecule has 1 aliphatic rings. The lowest BCUT2D eigenvalue weighted by Crippen LogP contribution is -2.46. The van der Waals surface area contributed by atoms with Gasteiger partial charge in [0.05, 0.1) is 6.10 Å². The van der Waals surface area contributed by atoms with E-state index in [0.29, 0.717) is 0 Å². The lowest BCUT2D eigenvalue weighted by atomic mass is 10.1. The Morgan fingerprint density at radius 2 is 1.97 bits per heavy atom. The second-order valence-corrected chi connectivity index (χ2v) is 10.0. The van der Waals surface area contributed by atoms with E-state index in [9.17, 15) is 29.5 Å². The van der Waals surface area contributed by atoms with Gasteiger partial charge in [0, 0.05) is 17.2 Å². The molecule has 39 heavy (non-hydrogen) atoms. The number of aromatic nitrogens is 2. The van der Waals surface area contributed by atoms with E-state index in [-0.39, 0.29) is 11.5 Å². The number of rotatable bonds is 10. The van der Waals surface area contributed by atoms with Crippen LogP contribution >= 0.6 is 8.17 Å². The summed E-state index contributed by atoms with van der Waals surface area (Å²) >= 11 is 0. The zero-order valence-electron chi connectivity index (χ0n) is 21.3. The maximum absolute atomic E-state index is 12.6. The first-order valence-electron chi connectivity index (χ1n) is 11.5. The highest BCUT2D eigenvalue weighted by Crippen LogP contribution is 2.40. The molecule has 1 aromatic carbocycles. The summed E-state index contributed by atoms with van der Waals surface area (Å²) in [4.78, 5) is 53.1. The molecule has 3 rings (SSSR count). The number of nitrogens with zero attached hydrogens (tertiary/aromatic N) is 5. The lowest BCUT2D eigenvalue weighted by molar-refractivity contribution is -0.171. The van der Waals surface area contributed by atoms with Crippen molar-refractivity contribution in [3.05, 3.63) is 67.8 Å². The molecule has 2 aromatic rings. The number of H-pyrrole nitrogens is 1. The zero-order chi connectivity index (χ0) is 29.0. The van der Waals surface area contributed by atoms with Crippen LogP contribution in [0.1, 0.15) is 33.9 Å². The number of hydrogen-bond acceptors (Lipinski definition) is 12. The molecule has 1 unspecified atom stereocenters. The van der Waals surface area contributed by atoms with Gasteiger partial charge in [-0.3, -0.25) is 18.9 Å². The summed E-state index contributed by atoms with van der Waals surface area (Å²) in [6.45, 7) is 5.45. The summed E-state index contributed by atoms with van der Waals surface area (Å²) in [5, 5.41) is 24.7. The van der Waals surface area contributed by atoms with Gasteiger partial charge < -0.3 is 29.3 Å². The van der Waals surface area contributed by atoms with Crippen LogP contribution in [0.2, 0.25) is 0 Å². The molecule has 0 aliphatic carbocycles. The number of benzene rings is 1. The van der Waals surface area contributed by atoms with Gasteiger partial charge in [-0.1, -0.05) is 22.0 Å². The van der Waals surface area contributed by atoms with E-state index in [1.54, 1.807) is 19.9 Å². The predicted octanol–water partition coefficient (Wildman–Crippen LogP) is 0.838. The highest BCUT2D eigenvalue weighted by molar-refractivity contribution is 7.34. The minimum Gasteiger partial charge on any atom is -0.575 e. The number of carbonyl (C=O) groups excluding carboxylic acids is 1. The average Bonchev–Trinajstić information content (AvgIpc) is 3.08. The maximum Gasteiger partial charge on any atom is 0.395 e. The van der Waals surface area contributed by atoms with Crippen LogP contribution in [0.15, 0.2) is 56.0 Å². The molecule has 0 amide bonds. The van der Waals surface area contributed by atoms with Gasteiger partial charge in [-0.05, 0) is 45.4 Å². The SMILES string of the molecule is CC(C)OC(=O)C(C)(C)N=[P+]([O-])Oc1ccccc1OC[C@@]1(N=[N+]=[N-])O[C@@H](n2ccc(=O)[nH]c2=O)[C@H](O)[C@@H]1O. The number of esters is 1. The maximum atomic E-state index is 12.6. The monoisotopic (exact) mass is 566 g/mol. The number of carbonyl (C=O) groups is 1. The number of para-hydroxylation sites is 2. The third-order valence-electron chi connectivity index (χ3n) is 5.38. The van der Waals surface area contributed by atoms with E-state index in [2.05, 4.69) is 14.8 Å². The zero-order valence-corrected chi connectivity index (χ0v) is 22.2. The Labute approximate surface area is 222 Å². The van der Waals surface area contributed by atoms with Crippen molar-refractivity contribution >= 4 is 14.1 Å². The number of hydrogen-bond donors (Lipinski definition) is 3. The van der Waals surface area contributed by atoms with Gasteiger partial charge in [-0.25, -0.2) is 9.59 Å². The Morgan fingerprint density at radius 1 is 1.31 bits per heavy atom. The number of aliphatic hydroxyl groups excluding tert-OH is 2. The summed E-state index contributed by atoms with van der Waals surface area (Å²) in [6, 6.07) is 6.87. The Hall–Kier alpha value is -3.78. The molecule has 5 atom stereocenters. The van der Waals surface area contributed by atoms with Gasteiger partial charge in [0.25, 0.3) is 5.56 Å². The molecule has 0 saturated carbocycles. The van der Waals surface area contributed by atoms with Gasteiger partial charge >= 0.3 is 19.8 Å². The fourth-order valence-corrected chi connectivity index (χ4v) is 4.31. The number of ether oxygens (including phenoxy) is 3. The first-order chi connectivity index (χ1) is 18.3. The summed E-state index contributed by atoms with van der Waals surface area (Å²) in [5.41, 5.74) is 3.78. The molecule has 1 fully saturated rings. The lowest BCUT2D eigenvalue weighted by Gasteiger charge is -2.26. The van der Waals surface area contributed by atoms with Gasteiger partial charge in [0.2, 0.25) is 11.5 Å². The van der Waals surface area contributed by atoms with Crippen LogP contribution in [0.5, 0.6) is 11.5 Å². The molecule has 16 nitrogen and oxygen atoms in total. The largest absolute Gasteiger partial charge is 0.575 e. The van der Waals surface area contributed by atoms with Crippen molar-refractivity contribution in [1.82, 2.24) is 9.55 Å². The molecule has 1 saturated heterocycles. The van der Waals surface area contributed by atoms with Gasteiger partial charge in [0.15, 0.2) is 17.5 Å². The third kappa shape index (κ3) is 6.81. The second-order valence-electron chi connectivity index (χ2n) is 9.17. The molecule has 0 radical (unpaired) electrons. The van der Waals surface area contributed by atoms with Crippen LogP contribution in [0, 0.1) is 0 Å². The summed E-state index contributed by atoms with van der Waals surface area (Å²) in [6.07, 6.45) is -4.56. The van der Waals surface area contributed by atoms with Crippen LogP contribution in [0.4, 0.5) is 0 Å². The second kappa shape index (κ2) is 11.9. The third-order valence-corrected chi connectivity index (χ3v) is 6.39. The number of azide groups is 1. The average molecular weight is 566 g/mol. The molecule has 0 bridgehead atoms. The van der Waals surface area contributed by atoms with Crippen molar-refractivity contribution in [3.63, 3.8) is 0 Å². The Morgan fingerprint density at radius 3 is 2.59 bits per heavy atom. The molecule has 17 heteroatoms.